The first kappa shape index (κ1) is 14.3. The summed E-state index contributed by atoms with van der Waals surface area (Å²) in [4.78, 5) is 12.7. The smallest absolute Gasteiger partial charge is 0.310 e. The van der Waals surface area contributed by atoms with Crippen LogP contribution in [0.2, 0.25) is 0 Å². The summed E-state index contributed by atoms with van der Waals surface area (Å²) in [5.74, 6) is 1.91. The maximum atomic E-state index is 12.7. The molecule has 3 fully saturated rings. The maximum absolute atomic E-state index is 12.7. The molecule has 118 valence electrons. The van der Waals surface area contributed by atoms with E-state index in [2.05, 4.69) is 31.2 Å². The number of carbonyl (C=O) groups excluding carboxylic acids is 1. The van der Waals surface area contributed by atoms with Gasteiger partial charge in [-0.05, 0) is 49.5 Å². The van der Waals surface area contributed by atoms with E-state index in [1.807, 2.05) is 6.07 Å². The first-order valence-electron chi connectivity index (χ1n) is 8.96. The van der Waals surface area contributed by atoms with Crippen molar-refractivity contribution in [3.8, 4) is 0 Å². The van der Waals surface area contributed by atoms with Crippen LogP contribution < -0.4 is 0 Å². The van der Waals surface area contributed by atoms with Crippen LogP contribution in [-0.2, 0) is 16.0 Å². The molecule has 0 bridgehead atoms. The topological polar surface area (TPSA) is 26.3 Å². The normalized spacial score (nSPS) is 40.7. The zero-order valence-corrected chi connectivity index (χ0v) is 13.5. The van der Waals surface area contributed by atoms with Crippen molar-refractivity contribution in [2.75, 3.05) is 0 Å². The lowest BCUT2D eigenvalue weighted by molar-refractivity contribution is -0.154. The number of benzene rings is 1. The predicted molar refractivity (Wildman–Crippen MR) is 86.3 cm³/mol. The van der Waals surface area contributed by atoms with Crippen LogP contribution in [0.15, 0.2) is 30.3 Å². The highest BCUT2D eigenvalue weighted by Gasteiger charge is 2.62. The molecule has 1 aromatic carbocycles. The summed E-state index contributed by atoms with van der Waals surface area (Å²) in [6.45, 7) is 2.33. The summed E-state index contributed by atoms with van der Waals surface area (Å²) >= 11 is 0. The van der Waals surface area contributed by atoms with E-state index in [-0.39, 0.29) is 17.5 Å². The molecule has 2 saturated carbocycles. The molecule has 1 spiro atoms. The minimum atomic E-state index is -0.119. The second kappa shape index (κ2) is 5.40. The van der Waals surface area contributed by atoms with Gasteiger partial charge < -0.3 is 4.74 Å². The standard InChI is InChI=1S/C20H26O2/c1-14-11-16-9-5-6-10-18-17(12-15-7-3-2-4-8-15)19(21)22-20(16,18)13-14/h2-4,7-8,14,16-18H,5-6,9-13H2,1H3/t14?,16-,17?,18-,20-/m0/s1. The SMILES string of the molecule is CC1C[C@@H]2CCCC[C@H]3C(Cc4ccccc4)C(=O)O[C@@]23C1. The molecule has 2 unspecified atom stereocenters. The highest BCUT2D eigenvalue weighted by Crippen LogP contribution is 2.58. The minimum absolute atomic E-state index is 0.0771. The summed E-state index contributed by atoms with van der Waals surface area (Å²) in [6, 6.07) is 10.5. The largest absolute Gasteiger partial charge is 0.458 e. The molecule has 0 aromatic heterocycles. The summed E-state index contributed by atoms with van der Waals surface area (Å²) in [5, 5.41) is 0. The van der Waals surface area contributed by atoms with Crippen LogP contribution in [0.4, 0.5) is 0 Å². The summed E-state index contributed by atoms with van der Waals surface area (Å²) < 4.78 is 6.17. The number of ether oxygens (including phenoxy) is 1. The van der Waals surface area contributed by atoms with Crippen molar-refractivity contribution in [2.45, 2.75) is 57.5 Å². The Morgan fingerprint density at radius 2 is 1.95 bits per heavy atom. The molecule has 0 radical (unpaired) electrons. The molecule has 22 heavy (non-hydrogen) atoms. The molecule has 0 amide bonds. The highest BCUT2D eigenvalue weighted by atomic mass is 16.6. The van der Waals surface area contributed by atoms with Crippen LogP contribution in [0.25, 0.3) is 0 Å². The lowest BCUT2D eigenvalue weighted by Gasteiger charge is -2.34. The molecular weight excluding hydrogens is 272 g/mol. The first-order chi connectivity index (χ1) is 10.7. The fourth-order valence-electron chi connectivity index (χ4n) is 5.56. The highest BCUT2D eigenvalue weighted by molar-refractivity contribution is 5.76. The third-order valence-corrected chi connectivity index (χ3v) is 6.37. The number of hydrogen-bond donors (Lipinski definition) is 0. The summed E-state index contributed by atoms with van der Waals surface area (Å²) in [7, 11) is 0. The molecule has 0 N–H and O–H groups in total. The molecule has 1 aromatic rings. The third kappa shape index (κ3) is 2.19. The zero-order chi connectivity index (χ0) is 15.2. The lowest BCUT2D eigenvalue weighted by atomic mass is 9.72. The van der Waals surface area contributed by atoms with Crippen molar-refractivity contribution >= 4 is 5.97 Å². The van der Waals surface area contributed by atoms with E-state index in [4.69, 9.17) is 4.74 Å². The average Bonchev–Trinajstić information content (AvgIpc) is 2.89. The Hall–Kier alpha value is -1.31. The Morgan fingerprint density at radius 3 is 2.77 bits per heavy atom. The predicted octanol–water partition coefficient (Wildman–Crippen LogP) is 4.38. The van der Waals surface area contributed by atoms with Crippen LogP contribution in [0.5, 0.6) is 0 Å². The van der Waals surface area contributed by atoms with Crippen LogP contribution >= 0.6 is 0 Å². The van der Waals surface area contributed by atoms with Gasteiger partial charge in [0.2, 0.25) is 0 Å². The third-order valence-electron chi connectivity index (χ3n) is 6.37. The van der Waals surface area contributed by atoms with Gasteiger partial charge in [-0.15, -0.1) is 0 Å². The Labute approximate surface area is 133 Å². The van der Waals surface area contributed by atoms with Gasteiger partial charge in [-0.25, -0.2) is 0 Å². The van der Waals surface area contributed by atoms with Gasteiger partial charge in [0.05, 0.1) is 5.92 Å². The second-order valence-corrected chi connectivity index (χ2v) is 7.81. The second-order valence-electron chi connectivity index (χ2n) is 7.81. The van der Waals surface area contributed by atoms with Gasteiger partial charge >= 0.3 is 5.97 Å². The first-order valence-corrected chi connectivity index (χ1v) is 8.96. The summed E-state index contributed by atoms with van der Waals surface area (Å²) in [5.41, 5.74) is 1.15. The van der Waals surface area contributed by atoms with Gasteiger partial charge in [0.1, 0.15) is 5.60 Å². The maximum Gasteiger partial charge on any atom is 0.310 e. The molecule has 2 aliphatic carbocycles. The number of hydrogen-bond acceptors (Lipinski definition) is 2. The van der Waals surface area contributed by atoms with E-state index in [9.17, 15) is 4.79 Å². The van der Waals surface area contributed by atoms with Crippen LogP contribution in [0, 0.1) is 23.7 Å². The minimum Gasteiger partial charge on any atom is -0.458 e. The fraction of sp³-hybridized carbons (Fsp3) is 0.650. The van der Waals surface area contributed by atoms with Crippen molar-refractivity contribution in [3.63, 3.8) is 0 Å². The van der Waals surface area contributed by atoms with Crippen molar-refractivity contribution in [2.24, 2.45) is 23.7 Å². The van der Waals surface area contributed by atoms with Crippen molar-refractivity contribution in [1.82, 2.24) is 0 Å². The Bertz CT molecular complexity index is 552. The van der Waals surface area contributed by atoms with Gasteiger partial charge in [-0.1, -0.05) is 50.1 Å². The van der Waals surface area contributed by atoms with Crippen molar-refractivity contribution < 1.29 is 9.53 Å². The molecule has 2 heteroatoms. The Morgan fingerprint density at radius 1 is 1.18 bits per heavy atom. The number of esters is 1. The number of rotatable bonds is 2. The van der Waals surface area contributed by atoms with E-state index in [0.717, 1.165) is 12.8 Å². The van der Waals surface area contributed by atoms with Crippen LogP contribution in [0.3, 0.4) is 0 Å². The lowest BCUT2D eigenvalue weighted by Crippen LogP contribution is -2.40. The Balaban J connectivity index is 1.65. The molecule has 2 nitrogen and oxygen atoms in total. The molecule has 4 rings (SSSR count). The zero-order valence-electron chi connectivity index (χ0n) is 13.5. The van der Waals surface area contributed by atoms with Gasteiger partial charge in [0, 0.05) is 5.92 Å². The molecule has 1 aliphatic heterocycles. The average molecular weight is 298 g/mol. The van der Waals surface area contributed by atoms with Crippen molar-refractivity contribution in [3.05, 3.63) is 35.9 Å². The van der Waals surface area contributed by atoms with Gasteiger partial charge in [-0.2, -0.15) is 0 Å². The van der Waals surface area contributed by atoms with E-state index < -0.39 is 0 Å². The molecule has 1 heterocycles. The van der Waals surface area contributed by atoms with Gasteiger partial charge in [0.25, 0.3) is 0 Å². The molecule has 1 saturated heterocycles. The number of carbonyl (C=O) groups is 1. The van der Waals surface area contributed by atoms with E-state index in [1.165, 1.54) is 37.7 Å². The van der Waals surface area contributed by atoms with E-state index in [1.54, 1.807) is 0 Å². The summed E-state index contributed by atoms with van der Waals surface area (Å²) in [6.07, 6.45) is 8.21. The quantitative estimate of drug-likeness (QED) is 0.758. The van der Waals surface area contributed by atoms with Gasteiger partial charge in [0.15, 0.2) is 0 Å². The fourth-order valence-corrected chi connectivity index (χ4v) is 5.56. The van der Waals surface area contributed by atoms with Crippen molar-refractivity contribution in [1.29, 1.82) is 0 Å². The van der Waals surface area contributed by atoms with E-state index in [0.29, 0.717) is 17.8 Å². The van der Waals surface area contributed by atoms with Gasteiger partial charge in [-0.3, -0.25) is 4.79 Å². The molecule has 5 atom stereocenters. The molecular formula is C20H26O2. The van der Waals surface area contributed by atoms with Crippen LogP contribution in [-0.4, -0.2) is 11.6 Å². The Kier molecular flexibility index (Phi) is 3.51. The monoisotopic (exact) mass is 298 g/mol. The molecule has 3 aliphatic rings. The van der Waals surface area contributed by atoms with E-state index >= 15 is 0 Å². The van der Waals surface area contributed by atoms with Crippen LogP contribution in [0.1, 0.15) is 51.0 Å².